The number of rotatable bonds is 5. The van der Waals surface area contributed by atoms with Crippen LogP contribution in [-0.2, 0) is 4.79 Å². The first-order chi connectivity index (χ1) is 12.0. The van der Waals surface area contributed by atoms with Crippen molar-refractivity contribution in [3.05, 3.63) is 66.2 Å². The summed E-state index contributed by atoms with van der Waals surface area (Å²) in [5.41, 5.74) is 10.9. The fourth-order valence-corrected chi connectivity index (χ4v) is 2.99. The van der Waals surface area contributed by atoms with Crippen LogP contribution >= 0.6 is 11.3 Å². The number of thiazole rings is 1. The summed E-state index contributed by atoms with van der Waals surface area (Å²) >= 11 is 1.58. The third-order valence-electron chi connectivity index (χ3n) is 3.57. The number of nitrogens with zero attached hydrogens (tertiary/aromatic N) is 1. The van der Waals surface area contributed by atoms with Gasteiger partial charge in [-0.3, -0.25) is 4.79 Å². The fraction of sp³-hybridized carbons (Fsp3) is 0.0526. The van der Waals surface area contributed by atoms with Crippen LogP contribution in [0.4, 0.5) is 17.1 Å². The highest BCUT2D eigenvalue weighted by atomic mass is 32.1. The minimum atomic E-state index is -0.100. The van der Waals surface area contributed by atoms with Crippen molar-refractivity contribution in [1.29, 1.82) is 0 Å². The largest absolute Gasteiger partial charge is 0.397 e. The predicted octanol–water partition coefficient (Wildman–Crippen LogP) is 4.43. The van der Waals surface area contributed by atoms with Crippen molar-refractivity contribution < 1.29 is 4.79 Å². The van der Waals surface area contributed by atoms with Crippen molar-refractivity contribution in [3.8, 4) is 10.6 Å². The van der Waals surface area contributed by atoms with E-state index in [9.17, 15) is 4.79 Å². The van der Waals surface area contributed by atoms with E-state index < -0.39 is 0 Å². The van der Waals surface area contributed by atoms with Gasteiger partial charge in [0.1, 0.15) is 5.01 Å². The van der Waals surface area contributed by atoms with Gasteiger partial charge in [-0.05, 0) is 35.9 Å². The van der Waals surface area contributed by atoms with Gasteiger partial charge >= 0.3 is 0 Å². The summed E-state index contributed by atoms with van der Waals surface area (Å²) in [6.45, 7) is 5.56. The van der Waals surface area contributed by atoms with Crippen molar-refractivity contribution in [3.63, 3.8) is 0 Å². The van der Waals surface area contributed by atoms with Crippen molar-refractivity contribution in [2.24, 2.45) is 0 Å². The summed E-state index contributed by atoms with van der Waals surface area (Å²) in [5, 5.41) is 8.87. The first-order valence-corrected chi connectivity index (χ1v) is 8.54. The molecule has 0 unspecified atom stereocenters. The minimum absolute atomic E-state index is 0.100. The second-order valence-electron chi connectivity index (χ2n) is 5.50. The highest BCUT2D eigenvalue weighted by Gasteiger charge is 2.07. The van der Waals surface area contributed by atoms with E-state index >= 15 is 0 Å². The minimum Gasteiger partial charge on any atom is -0.397 e. The summed E-state index contributed by atoms with van der Waals surface area (Å²) in [6, 6.07) is 13.2. The Hall–Kier alpha value is -3.12. The lowest BCUT2D eigenvalue weighted by atomic mass is 10.1. The third kappa shape index (κ3) is 4.05. The molecule has 1 aromatic heterocycles. The summed E-state index contributed by atoms with van der Waals surface area (Å²) < 4.78 is 0. The number of anilines is 3. The third-order valence-corrected chi connectivity index (χ3v) is 4.39. The maximum atomic E-state index is 11.1. The number of hydrogen-bond acceptors (Lipinski definition) is 5. The monoisotopic (exact) mass is 350 g/mol. The molecule has 2 aromatic carbocycles. The maximum Gasteiger partial charge on any atom is 0.221 e. The number of carbonyl (C=O) groups is 1. The predicted molar refractivity (Wildman–Crippen MR) is 105 cm³/mol. The Balaban J connectivity index is 1.78. The van der Waals surface area contributed by atoms with Crippen LogP contribution in [0.5, 0.6) is 0 Å². The molecule has 0 bridgehead atoms. The van der Waals surface area contributed by atoms with Crippen molar-refractivity contribution in [2.45, 2.75) is 6.92 Å². The standard InChI is InChI=1S/C19H18N4OS/c1-12(14-3-6-16(7-4-14)23-13(2)24)22-18-11-15(5-8-17(18)20)19-21-9-10-25-19/h3-11,22H,1,20H2,2H3,(H,23,24). The van der Waals surface area contributed by atoms with Gasteiger partial charge < -0.3 is 16.4 Å². The average molecular weight is 350 g/mol. The van der Waals surface area contributed by atoms with Crippen LogP contribution < -0.4 is 16.4 Å². The van der Waals surface area contributed by atoms with E-state index in [1.54, 1.807) is 17.5 Å². The molecular weight excluding hydrogens is 332 g/mol. The Morgan fingerprint density at radius 3 is 2.56 bits per heavy atom. The zero-order chi connectivity index (χ0) is 17.8. The quantitative estimate of drug-likeness (QED) is 0.595. The molecule has 25 heavy (non-hydrogen) atoms. The van der Waals surface area contributed by atoms with Crippen LogP contribution in [0.15, 0.2) is 60.6 Å². The highest BCUT2D eigenvalue weighted by molar-refractivity contribution is 7.13. The number of benzene rings is 2. The van der Waals surface area contributed by atoms with Gasteiger partial charge in [-0.1, -0.05) is 18.7 Å². The SMILES string of the molecule is C=C(Nc1cc(-c2nccs2)ccc1N)c1ccc(NC(C)=O)cc1. The van der Waals surface area contributed by atoms with E-state index in [4.69, 9.17) is 5.73 Å². The van der Waals surface area contributed by atoms with Gasteiger partial charge in [0.25, 0.3) is 0 Å². The Labute approximate surface area is 150 Å². The van der Waals surface area contributed by atoms with E-state index in [1.165, 1.54) is 6.92 Å². The van der Waals surface area contributed by atoms with Crippen LogP contribution in [0.25, 0.3) is 16.3 Å². The number of nitrogens with two attached hydrogens (primary N) is 1. The van der Waals surface area contributed by atoms with Crippen molar-refractivity contribution >= 4 is 40.0 Å². The first kappa shape index (κ1) is 16.7. The zero-order valence-corrected chi connectivity index (χ0v) is 14.6. The lowest BCUT2D eigenvalue weighted by molar-refractivity contribution is -0.114. The molecule has 1 amide bonds. The second kappa shape index (κ2) is 7.19. The van der Waals surface area contributed by atoms with Crippen LogP contribution in [-0.4, -0.2) is 10.9 Å². The molecule has 0 fully saturated rings. The number of carbonyl (C=O) groups excluding carboxylic acids is 1. The molecule has 3 aromatic rings. The van der Waals surface area contributed by atoms with Gasteiger partial charge in [0.05, 0.1) is 11.4 Å². The molecule has 5 nitrogen and oxygen atoms in total. The Bertz CT molecular complexity index is 902. The molecule has 0 aliphatic carbocycles. The number of hydrogen-bond donors (Lipinski definition) is 3. The molecule has 126 valence electrons. The maximum absolute atomic E-state index is 11.1. The molecule has 0 saturated heterocycles. The fourth-order valence-electron chi connectivity index (χ4n) is 2.36. The Morgan fingerprint density at radius 1 is 1.16 bits per heavy atom. The van der Waals surface area contributed by atoms with Gasteiger partial charge in [0.15, 0.2) is 0 Å². The van der Waals surface area contributed by atoms with E-state index in [0.717, 1.165) is 33.2 Å². The number of nitrogen functional groups attached to an aromatic ring is 1. The molecule has 4 N–H and O–H groups in total. The molecule has 0 atom stereocenters. The van der Waals surface area contributed by atoms with Crippen LogP contribution in [0.2, 0.25) is 0 Å². The van der Waals surface area contributed by atoms with E-state index in [2.05, 4.69) is 22.2 Å². The van der Waals surface area contributed by atoms with Crippen molar-refractivity contribution in [1.82, 2.24) is 4.98 Å². The molecule has 0 radical (unpaired) electrons. The lowest BCUT2D eigenvalue weighted by Crippen LogP contribution is -2.06. The van der Waals surface area contributed by atoms with Gasteiger partial charge in [-0.25, -0.2) is 4.98 Å². The smallest absolute Gasteiger partial charge is 0.221 e. The van der Waals surface area contributed by atoms with E-state index in [0.29, 0.717) is 5.69 Å². The number of amides is 1. The molecule has 6 heteroatoms. The van der Waals surface area contributed by atoms with Gasteiger partial charge in [-0.15, -0.1) is 11.3 Å². The summed E-state index contributed by atoms with van der Waals surface area (Å²) in [4.78, 5) is 15.4. The summed E-state index contributed by atoms with van der Waals surface area (Å²) in [5.74, 6) is -0.100. The van der Waals surface area contributed by atoms with Crippen molar-refractivity contribution in [2.75, 3.05) is 16.4 Å². The molecule has 0 spiro atoms. The zero-order valence-electron chi connectivity index (χ0n) is 13.7. The van der Waals surface area contributed by atoms with Crippen LogP contribution in [0, 0.1) is 0 Å². The molecule has 0 saturated carbocycles. The second-order valence-corrected chi connectivity index (χ2v) is 6.40. The molecule has 0 aliphatic heterocycles. The lowest BCUT2D eigenvalue weighted by Gasteiger charge is -2.13. The number of aromatic nitrogens is 1. The topological polar surface area (TPSA) is 80.0 Å². The summed E-state index contributed by atoms with van der Waals surface area (Å²) in [7, 11) is 0. The normalized spacial score (nSPS) is 10.3. The highest BCUT2D eigenvalue weighted by Crippen LogP contribution is 2.30. The molecule has 1 heterocycles. The van der Waals surface area contributed by atoms with Gasteiger partial charge in [-0.2, -0.15) is 0 Å². The Morgan fingerprint density at radius 2 is 1.92 bits per heavy atom. The van der Waals surface area contributed by atoms with Crippen LogP contribution in [0.1, 0.15) is 12.5 Å². The first-order valence-electron chi connectivity index (χ1n) is 7.66. The van der Waals surface area contributed by atoms with E-state index in [1.807, 2.05) is 47.8 Å². The number of nitrogens with one attached hydrogen (secondary N) is 2. The van der Waals surface area contributed by atoms with Gasteiger partial charge in [0, 0.05) is 35.4 Å². The van der Waals surface area contributed by atoms with Gasteiger partial charge in [0.2, 0.25) is 5.91 Å². The molecule has 3 rings (SSSR count). The molecular formula is C19H18N4OS. The summed E-state index contributed by atoms with van der Waals surface area (Å²) in [6.07, 6.45) is 1.78. The average Bonchev–Trinajstić information content (AvgIpc) is 3.11. The molecule has 0 aliphatic rings. The van der Waals surface area contributed by atoms with Crippen LogP contribution in [0.3, 0.4) is 0 Å². The van der Waals surface area contributed by atoms with E-state index in [-0.39, 0.29) is 5.91 Å². The Kier molecular flexibility index (Phi) is 4.81.